The van der Waals surface area contributed by atoms with Gasteiger partial charge in [-0.2, -0.15) is 4.91 Å². The zero-order valence-corrected chi connectivity index (χ0v) is 10.8. The van der Waals surface area contributed by atoms with Gasteiger partial charge in [0.2, 0.25) is 0 Å². The van der Waals surface area contributed by atoms with E-state index in [4.69, 9.17) is 4.74 Å². The largest absolute Gasteiger partial charge is 0.497 e. The van der Waals surface area contributed by atoms with E-state index in [9.17, 15) is 4.91 Å². The Kier molecular flexibility index (Phi) is 4.70. The molecule has 0 N–H and O–H groups in total. The van der Waals surface area contributed by atoms with Crippen LogP contribution in [0.4, 0.5) is 0 Å². The van der Waals surface area contributed by atoms with Crippen LogP contribution in [0.2, 0.25) is 0 Å². The minimum absolute atomic E-state index is 0.269. The van der Waals surface area contributed by atoms with E-state index < -0.39 is 0 Å². The topological polar surface area (TPSA) is 41.9 Å². The van der Waals surface area contributed by atoms with Crippen LogP contribution in [-0.4, -0.2) is 31.6 Å². The molecule has 1 heterocycles. The summed E-state index contributed by atoms with van der Waals surface area (Å²) in [7, 11) is 1.64. The smallest absolute Gasteiger partial charge is 0.129 e. The number of likely N-dealkylation sites (tertiary alicyclic amines) is 1. The van der Waals surface area contributed by atoms with Gasteiger partial charge in [0.15, 0.2) is 0 Å². The third kappa shape index (κ3) is 3.29. The average Bonchev–Trinajstić information content (AvgIpc) is 2.46. The number of hydrogen-bond donors (Lipinski definition) is 0. The number of nitroso groups, excluding NO2 is 1. The predicted molar refractivity (Wildman–Crippen MR) is 71.8 cm³/mol. The second-order valence-corrected chi connectivity index (χ2v) is 4.76. The second kappa shape index (κ2) is 6.50. The molecule has 0 aliphatic carbocycles. The first-order chi connectivity index (χ1) is 8.83. The second-order valence-electron chi connectivity index (χ2n) is 4.76. The van der Waals surface area contributed by atoms with Gasteiger partial charge in [-0.05, 0) is 43.6 Å². The lowest BCUT2D eigenvalue weighted by molar-refractivity contribution is 0.216. The summed E-state index contributed by atoms with van der Waals surface area (Å²) in [4.78, 5) is 13.4. The molecular weight excluding hydrogens is 228 g/mol. The maximum atomic E-state index is 11.0. The van der Waals surface area contributed by atoms with E-state index in [1.165, 1.54) is 19.3 Å². The van der Waals surface area contributed by atoms with Crippen LogP contribution in [0.25, 0.3) is 0 Å². The van der Waals surface area contributed by atoms with Crippen LogP contribution in [0.3, 0.4) is 0 Å². The van der Waals surface area contributed by atoms with E-state index in [1.54, 1.807) is 7.11 Å². The van der Waals surface area contributed by atoms with Gasteiger partial charge in [-0.3, -0.25) is 0 Å². The van der Waals surface area contributed by atoms with Crippen molar-refractivity contribution in [1.29, 1.82) is 0 Å². The minimum atomic E-state index is -0.269. The summed E-state index contributed by atoms with van der Waals surface area (Å²) in [6.07, 6.45) is 3.76. The van der Waals surface area contributed by atoms with E-state index in [-0.39, 0.29) is 6.04 Å². The Morgan fingerprint density at radius 1 is 1.22 bits per heavy atom. The fourth-order valence-corrected chi connectivity index (χ4v) is 2.41. The molecule has 1 aromatic carbocycles. The van der Waals surface area contributed by atoms with Crippen LogP contribution in [0, 0.1) is 4.91 Å². The summed E-state index contributed by atoms with van der Waals surface area (Å²) in [5.74, 6) is 0.807. The lowest BCUT2D eigenvalue weighted by Crippen LogP contribution is -2.33. The Morgan fingerprint density at radius 2 is 1.89 bits per heavy atom. The van der Waals surface area contributed by atoms with E-state index in [1.807, 2.05) is 24.3 Å². The molecule has 1 aromatic rings. The van der Waals surface area contributed by atoms with E-state index >= 15 is 0 Å². The van der Waals surface area contributed by atoms with E-state index in [0.717, 1.165) is 30.9 Å². The zero-order chi connectivity index (χ0) is 12.8. The van der Waals surface area contributed by atoms with Gasteiger partial charge in [0.1, 0.15) is 11.8 Å². The molecule has 0 aromatic heterocycles. The molecule has 1 unspecified atom stereocenters. The van der Waals surface area contributed by atoms with Gasteiger partial charge in [-0.25, -0.2) is 0 Å². The molecule has 0 saturated carbocycles. The molecule has 0 spiro atoms. The van der Waals surface area contributed by atoms with Crippen LogP contribution in [-0.2, 0) is 0 Å². The van der Waals surface area contributed by atoms with E-state index in [2.05, 4.69) is 10.1 Å². The number of hydrogen-bond acceptors (Lipinski definition) is 4. The molecule has 0 amide bonds. The molecule has 1 fully saturated rings. The molecule has 18 heavy (non-hydrogen) atoms. The van der Waals surface area contributed by atoms with Crippen molar-refractivity contribution in [3.05, 3.63) is 34.7 Å². The molecular formula is C14H20N2O2. The van der Waals surface area contributed by atoms with Crippen molar-refractivity contribution in [2.75, 3.05) is 26.7 Å². The predicted octanol–water partition coefficient (Wildman–Crippen LogP) is 2.99. The van der Waals surface area contributed by atoms with Crippen molar-refractivity contribution in [3.8, 4) is 5.75 Å². The van der Waals surface area contributed by atoms with Crippen molar-refractivity contribution >= 4 is 0 Å². The lowest BCUT2D eigenvalue weighted by atomic mass is 10.1. The number of nitrogens with zero attached hydrogens (tertiary/aromatic N) is 2. The van der Waals surface area contributed by atoms with Gasteiger partial charge in [-0.1, -0.05) is 23.7 Å². The van der Waals surface area contributed by atoms with Gasteiger partial charge >= 0.3 is 0 Å². The monoisotopic (exact) mass is 248 g/mol. The zero-order valence-electron chi connectivity index (χ0n) is 10.8. The fourth-order valence-electron chi connectivity index (χ4n) is 2.41. The maximum Gasteiger partial charge on any atom is 0.129 e. The van der Waals surface area contributed by atoms with Gasteiger partial charge in [0.25, 0.3) is 0 Å². The van der Waals surface area contributed by atoms with Crippen molar-refractivity contribution in [2.24, 2.45) is 5.18 Å². The number of methoxy groups -OCH3 is 1. The number of benzene rings is 1. The molecule has 1 aliphatic rings. The summed E-state index contributed by atoms with van der Waals surface area (Å²) in [6, 6.07) is 7.34. The molecule has 0 radical (unpaired) electrons. The highest BCUT2D eigenvalue weighted by molar-refractivity contribution is 5.29. The van der Waals surface area contributed by atoms with Crippen LogP contribution in [0.5, 0.6) is 5.75 Å². The number of ether oxygens (including phenoxy) is 1. The molecule has 4 heteroatoms. The van der Waals surface area contributed by atoms with Gasteiger partial charge in [0, 0.05) is 6.54 Å². The summed E-state index contributed by atoms with van der Waals surface area (Å²) in [6.45, 7) is 2.90. The highest BCUT2D eigenvalue weighted by atomic mass is 16.5. The Morgan fingerprint density at radius 3 is 2.44 bits per heavy atom. The van der Waals surface area contributed by atoms with Crippen LogP contribution in [0.15, 0.2) is 29.4 Å². The third-order valence-corrected chi connectivity index (χ3v) is 3.51. The SMILES string of the molecule is COc1ccc(C(CN2CCCCC2)N=O)cc1. The van der Waals surface area contributed by atoms with E-state index in [0.29, 0.717) is 0 Å². The van der Waals surface area contributed by atoms with Crippen molar-refractivity contribution in [3.63, 3.8) is 0 Å². The van der Waals surface area contributed by atoms with Gasteiger partial charge in [0.05, 0.1) is 7.11 Å². The normalized spacial score (nSPS) is 18.3. The quantitative estimate of drug-likeness (QED) is 0.752. The first-order valence-corrected chi connectivity index (χ1v) is 6.52. The Bertz CT molecular complexity index is 372. The molecule has 1 saturated heterocycles. The highest BCUT2D eigenvalue weighted by Gasteiger charge is 2.18. The fraction of sp³-hybridized carbons (Fsp3) is 0.571. The maximum absolute atomic E-state index is 11.0. The molecule has 0 bridgehead atoms. The first kappa shape index (κ1) is 13.0. The number of piperidine rings is 1. The Balaban J connectivity index is 1.99. The summed E-state index contributed by atoms with van der Waals surface area (Å²) < 4.78 is 5.11. The van der Waals surface area contributed by atoms with Crippen LogP contribution >= 0.6 is 0 Å². The van der Waals surface area contributed by atoms with Crippen molar-refractivity contribution in [2.45, 2.75) is 25.3 Å². The molecule has 2 rings (SSSR count). The molecule has 98 valence electrons. The van der Waals surface area contributed by atoms with Crippen LogP contribution < -0.4 is 4.74 Å². The lowest BCUT2D eigenvalue weighted by Gasteiger charge is -2.28. The van der Waals surface area contributed by atoms with Gasteiger partial charge < -0.3 is 9.64 Å². The first-order valence-electron chi connectivity index (χ1n) is 6.52. The number of rotatable bonds is 5. The average molecular weight is 248 g/mol. The Hall–Kier alpha value is -1.42. The Labute approximate surface area is 108 Å². The summed E-state index contributed by atoms with van der Waals surface area (Å²) in [5.41, 5.74) is 0.969. The van der Waals surface area contributed by atoms with Crippen molar-refractivity contribution in [1.82, 2.24) is 4.90 Å². The van der Waals surface area contributed by atoms with Crippen molar-refractivity contribution < 1.29 is 4.74 Å². The molecule has 1 aliphatic heterocycles. The minimum Gasteiger partial charge on any atom is -0.497 e. The summed E-state index contributed by atoms with van der Waals surface area (Å²) >= 11 is 0. The van der Waals surface area contributed by atoms with Gasteiger partial charge in [-0.15, -0.1) is 0 Å². The standard InChI is InChI=1S/C14H20N2O2/c1-18-13-7-5-12(6-8-13)14(15-17)11-16-9-3-2-4-10-16/h5-8,14H,2-4,9-11H2,1H3. The van der Waals surface area contributed by atoms with Crippen LogP contribution in [0.1, 0.15) is 30.9 Å². The summed E-state index contributed by atoms with van der Waals surface area (Å²) in [5, 5.41) is 3.28. The third-order valence-electron chi connectivity index (χ3n) is 3.51. The molecule has 4 nitrogen and oxygen atoms in total. The molecule has 1 atom stereocenters. The highest BCUT2D eigenvalue weighted by Crippen LogP contribution is 2.23.